The molecule has 134 valence electrons. The topological polar surface area (TPSA) is 70.4 Å². The van der Waals surface area contributed by atoms with Crippen LogP contribution in [0.15, 0.2) is 35.8 Å². The van der Waals surface area contributed by atoms with Gasteiger partial charge in [-0.2, -0.15) is 0 Å². The minimum atomic E-state index is -0.153. The van der Waals surface area contributed by atoms with Crippen LogP contribution >= 0.6 is 11.3 Å². The van der Waals surface area contributed by atoms with E-state index in [2.05, 4.69) is 4.98 Å². The molecule has 0 spiro atoms. The average molecular weight is 370 g/mol. The number of nitrogens with zero attached hydrogens (tertiary/aromatic N) is 2. The lowest BCUT2D eigenvalue weighted by Crippen LogP contribution is -2.13. The number of carbonyl (C=O) groups excluding carboxylic acids is 2. The highest BCUT2D eigenvalue weighted by Crippen LogP contribution is 2.28. The third kappa shape index (κ3) is 3.39. The van der Waals surface area contributed by atoms with Gasteiger partial charge in [-0.15, -0.1) is 11.3 Å². The summed E-state index contributed by atoms with van der Waals surface area (Å²) in [6, 6.07) is 6.65. The lowest BCUT2D eigenvalue weighted by molar-refractivity contribution is 0.0919. The molecule has 3 rings (SSSR count). The van der Waals surface area contributed by atoms with Gasteiger partial charge in [0.2, 0.25) is 5.78 Å². The fourth-order valence-corrected chi connectivity index (χ4v) is 3.52. The molecule has 0 bridgehead atoms. The van der Waals surface area contributed by atoms with Gasteiger partial charge in [-0.25, -0.2) is 4.98 Å². The number of ether oxygens (including phenoxy) is 2. The Bertz CT molecular complexity index is 945. The largest absolute Gasteiger partial charge is 0.493 e. The second-order valence-corrected chi connectivity index (χ2v) is 6.55. The van der Waals surface area contributed by atoms with E-state index >= 15 is 0 Å². The SMILES string of the molecule is COc1ccc(C=O)cc1OCC(=O)c1cc(C)n(-c2nccs2)c1C. The molecule has 0 saturated heterocycles. The second-order valence-electron chi connectivity index (χ2n) is 5.67. The number of hydrogen-bond donors (Lipinski definition) is 0. The highest BCUT2D eigenvalue weighted by Gasteiger charge is 2.19. The normalized spacial score (nSPS) is 10.6. The summed E-state index contributed by atoms with van der Waals surface area (Å²) >= 11 is 1.51. The van der Waals surface area contributed by atoms with Gasteiger partial charge in [0.05, 0.1) is 7.11 Å². The van der Waals surface area contributed by atoms with Gasteiger partial charge in [0.25, 0.3) is 0 Å². The summed E-state index contributed by atoms with van der Waals surface area (Å²) in [7, 11) is 1.51. The maximum Gasteiger partial charge on any atom is 0.202 e. The molecule has 26 heavy (non-hydrogen) atoms. The minimum absolute atomic E-state index is 0.152. The fraction of sp³-hybridized carbons (Fsp3) is 0.211. The molecule has 0 aliphatic heterocycles. The maximum absolute atomic E-state index is 12.7. The van der Waals surface area contributed by atoms with E-state index < -0.39 is 0 Å². The van der Waals surface area contributed by atoms with Crippen LogP contribution in [0.4, 0.5) is 0 Å². The zero-order valence-corrected chi connectivity index (χ0v) is 15.5. The van der Waals surface area contributed by atoms with Gasteiger partial charge in [0, 0.05) is 34.1 Å². The number of methoxy groups -OCH3 is 1. The summed E-state index contributed by atoms with van der Waals surface area (Å²) in [5.74, 6) is 0.676. The number of carbonyl (C=O) groups is 2. The third-order valence-corrected chi connectivity index (χ3v) is 4.78. The van der Waals surface area contributed by atoms with Crippen molar-refractivity contribution in [3.05, 3.63) is 58.4 Å². The van der Waals surface area contributed by atoms with Crippen molar-refractivity contribution < 1.29 is 19.1 Å². The molecule has 6 nitrogen and oxygen atoms in total. The van der Waals surface area contributed by atoms with Crippen molar-refractivity contribution in [1.29, 1.82) is 0 Å². The van der Waals surface area contributed by atoms with E-state index in [1.807, 2.05) is 29.9 Å². The van der Waals surface area contributed by atoms with Gasteiger partial charge in [-0.1, -0.05) is 0 Å². The number of Topliss-reactive ketones (excluding diaryl/α,β-unsaturated/α-hetero) is 1. The van der Waals surface area contributed by atoms with E-state index in [0.717, 1.165) is 22.8 Å². The van der Waals surface area contributed by atoms with Crippen molar-refractivity contribution in [3.8, 4) is 16.6 Å². The number of aromatic nitrogens is 2. The molecular weight excluding hydrogens is 352 g/mol. The van der Waals surface area contributed by atoms with Crippen LogP contribution in [0.1, 0.15) is 32.1 Å². The van der Waals surface area contributed by atoms with Crippen molar-refractivity contribution in [1.82, 2.24) is 9.55 Å². The highest BCUT2D eigenvalue weighted by molar-refractivity contribution is 7.12. The summed E-state index contributed by atoms with van der Waals surface area (Å²) in [6.45, 7) is 3.67. The summed E-state index contributed by atoms with van der Waals surface area (Å²) in [5, 5.41) is 2.71. The van der Waals surface area contributed by atoms with Crippen LogP contribution in [-0.4, -0.2) is 35.3 Å². The minimum Gasteiger partial charge on any atom is -0.493 e. The number of hydrogen-bond acceptors (Lipinski definition) is 6. The maximum atomic E-state index is 12.7. The number of ketones is 1. The molecule has 0 amide bonds. The Morgan fingerprint density at radius 2 is 2.08 bits per heavy atom. The Morgan fingerprint density at radius 1 is 1.27 bits per heavy atom. The zero-order valence-electron chi connectivity index (χ0n) is 14.7. The number of aryl methyl sites for hydroxylation is 1. The van der Waals surface area contributed by atoms with Gasteiger partial charge in [0.15, 0.2) is 23.2 Å². The lowest BCUT2D eigenvalue weighted by Gasteiger charge is -2.11. The number of rotatable bonds is 7. The molecule has 0 saturated carbocycles. The quantitative estimate of drug-likeness (QED) is 0.469. The Hall–Kier alpha value is -2.93. The molecule has 0 unspecified atom stereocenters. The van der Waals surface area contributed by atoms with Gasteiger partial charge in [-0.3, -0.25) is 14.2 Å². The lowest BCUT2D eigenvalue weighted by atomic mass is 10.1. The van der Waals surface area contributed by atoms with Crippen LogP contribution in [0, 0.1) is 13.8 Å². The van der Waals surface area contributed by atoms with Crippen LogP contribution < -0.4 is 9.47 Å². The first-order chi connectivity index (χ1) is 12.5. The zero-order chi connectivity index (χ0) is 18.7. The Morgan fingerprint density at radius 3 is 2.73 bits per heavy atom. The van der Waals surface area contributed by atoms with E-state index in [9.17, 15) is 9.59 Å². The van der Waals surface area contributed by atoms with Crippen LogP contribution in [0.3, 0.4) is 0 Å². The summed E-state index contributed by atoms with van der Waals surface area (Å²) < 4.78 is 12.8. The predicted octanol–water partition coefficient (Wildman–Crippen LogP) is 3.63. The Labute approximate surface area is 155 Å². The van der Waals surface area contributed by atoms with Gasteiger partial charge < -0.3 is 9.47 Å². The van der Waals surface area contributed by atoms with Gasteiger partial charge in [0.1, 0.15) is 6.29 Å². The van der Waals surface area contributed by atoms with Crippen molar-refractivity contribution >= 4 is 23.4 Å². The molecule has 3 aromatic rings. The molecule has 1 aromatic carbocycles. The smallest absolute Gasteiger partial charge is 0.202 e. The molecule has 0 atom stereocenters. The molecule has 0 aliphatic carbocycles. The fourth-order valence-electron chi connectivity index (χ4n) is 2.77. The molecule has 0 aliphatic rings. The van der Waals surface area contributed by atoms with Crippen molar-refractivity contribution in [2.75, 3.05) is 13.7 Å². The van der Waals surface area contributed by atoms with Gasteiger partial charge in [-0.05, 0) is 38.1 Å². The molecule has 2 aromatic heterocycles. The van der Waals surface area contributed by atoms with Crippen molar-refractivity contribution in [3.63, 3.8) is 0 Å². The number of aldehydes is 1. The van der Waals surface area contributed by atoms with Crippen LogP contribution in [-0.2, 0) is 0 Å². The van der Waals surface area contributed by atoms with Crippen LogP contribution in [0.25, 0.3) is 5.13 Å². The van der Waals surface area contributed by atoms with Crippen LogP contribution in [0.2, 0.25) is 0 Å². The Balaban J connectivity index is 1.82. The van der Waals surface area contributed by atoms with Gasteiger partial charge >= 0.3 is 0 Å². The van der Waals surface area contributed by atoms with E-state index in [1.54, 1.807) is 24.4 Å². The molecule has 2 heterocycles. The number of benzene rings is 1. The first-order valence-electron chi connectivity index (χ1n) is 7.93. The summed E-state index contributed by atoms with van der Waals surface area (Å²) in [5.41, 5.74) is 2.79. The van der Waals surface area contributed by atoms with E-state index in [1.165, 1.54) is 18.4 Å². The Kier molecular flexibility index (Phi) is 5.18. The van der Waals surface area contributed by atoms with E-state index in [0.29, 0.717) is 22.6 Å². The average Bonchev–Trinajstić information content (AvgIpc) is 3.27. The highest BCUT2D eigenvalue weighted by atomic mass is 32.1. The second kappa shape index (κ2) is 7.53. The third-order valence-electron chi connectivity index (χ3n) is 4.02. The summed E-state index contributed by atoms with van der Waals surface area (Å²) in [6.07, 6.45) is 2.45. The monoisotopic (exact) mass is 370 g/mol. The standard InChI is InChI=1S/C19H18N2O4S/c1-12-8-15(13(2)21(12)19-20-6-7-26-19)16(23)11-25-18-9-14(10-22)4-5-17(18)24-3/h4-10H,11H2,1-3H3. The number of thiazole rings is 1. The summed E-state index contributed by atoms with van der Waals surface area (Å²) in [4.78, 5) is 27.9. The predicted molar refractivity (Wildman–Crippen MR) is 99.1 cm³/mol. The van der Waals surface area contributed by atoms with E-state index in [4.69, 9.17) is 9.47 Å². The van der Waals surface area contributed by atoms with Crippen molar-refractivity contribution in [2.24, 2.45) is 0 Å². The molecule has 0 N–H and O–H groups in total. The first-order valence-corrected chi connectivity index (χ1v) is 8.81. The molecule has 7 heteroatoms. The van der Waals surface area contributed by atoms with E-state index in [-0.39, 0.29) is 12.4 Å². The molecule has 0 radical (unpaired) electrons. The molecule has 0 fully saturated rings. The molecular formula is C19H18N2O4S. The van der Waals surface area contributed by atoms with Crippen molar-refractivity contribution in [2.45, 2.75) is 13.8 Å². The van der Waals surface area contributed by atoms with Crippen LogP contribution in [0.5, 0.6) is 11.5 Å². The first kappa shape index (κ1) is 17.9.